The molecule has 138 valence electrons. The van der Waals surface area contributed by atoms with Crippen LogP contribution in [0.15, 0.2) is 42.5 Å². The van der Waals surface area contributed by atoms with Crippen LogP contribution in [0.3, 0.4) is 0 Å². The number of nitrogens with two attached hydrogens (primary N) is 1. The van der Waals surface area contributed by atoms with Crippen LogP contribution in [0.1, 0.15) is 5.56 Å². The van der Waals surface area contributed by atoms with Crippen LogP contribution >= 0.6 is 12.4 Å². The van der Waals surface area contributed by atoms with Crippen molar-refractivity contribution in [1.82, 2.24) is 0 Å². The van der Waals surface area contributed by atoms with Crippen molar-refractivity contribution < 1.29 is 35.8 Å². The highest BCUT2D eigenvalue weighted by molar-refractivity contribution is 5.85. The SMILES string of the molecule is Cl.NCc1ccc(-c2ccccc2OC(F)(F)F)cc1OC(F)(F)F. The minimum Gasteiger partial charge on any atom is -0.405 e. The Labute approximate surface area is 144 Å². The molecule has 0 unspecified atom stereocenters. The van der Waals surface area contributed by atoms with Gasteiger partial charge in [0, 0.05) is 17.7 Å². The lowest BCUT2D eigenvalue weighted by Crippen LogP contribution is -2.19. The fraction of sp³-hybridized carbons (Fsp3) is 0.200. The van der Waals surface area contributed by atoms with E-state index in [1.165, 1.54) is 30.3 Å². The average molecular weight is 388 g/mol. The standard InChI is InChI=1S/C15H11F6NO2.ClH/c16-14(17,18)23-12-4-2-1-3-11(12)9-5-6-10(8-22)13(7-9)24-15(19,20)21;/h1-7H,8,22H2;1H. The zero-order valence-electron chi connectivity index (χ0n) is 12.3. The van der Waals surface area contributed by atoms with Gasteiger partial charge in [-0.1, -0.05) is 30.3 Å². The van der Waals surface area contributed by atoms with E-state index in [1.807, 2.05) is 0 Å². The second-order valence-corrected chi connectivity index (χ2v) is 4.62. The van der Waals surface area contributed by atoms with E-state index < -0.39 is 24.2 Å². The summed E-state index contributed by atoms with van der Waals surface area (Å²) in [4.78, 5) is 0. The molecule has 0 aliphatic heterocycles. The van der Waals surface area contributed by atoms with Crippen LogP contribution in [0.5, 0.6) is 11.5 Å². The summed E-state index contributed by atoms with van der Waals surface area (Å²) in [5, 5.41) is 0. The van der Waals surface area contributed by atoms with Crippen molar-refractivity contribution >= 4 is 12.4 Å². The minimum absolute atomic E-state index is 0. The molecule has 25 heavy (non-hydrogen) atoms. The van der Waals surface area contributed by atoms with Gasteiger partial charge in [0.15, 0.2) is 0 Å². The number of rotatable bonds is 4. The van der Waals surface area contributed by atoms with Crippen LogP contribution in [0.2, 0.25) is 0 Å². The van der Waals surface area contributed by atoms with Crippen molar-refractivity contribution in [2.24, 2.45) is 5.73 Å². The molecule has 3 nitrogen and oxygen atoms in total. The second kappa shape index (κ2) is 7.83. The van der Waals surface area contributed by atoms with Gasteiger partial charge in [-0.15, -0.1) is 38.7 Å². The number of alkyl halides is 6. The summed E-state index contributed by atoms with van der Waals surface area (Å²) >= 11 is 0. The second-order valence-electron chi connectivity index (χ2n) is 4.62. The molecule has 0 fully saturated rings. The molecule has 2 aromatic rings. The van der Waals surface area contributed by atoms with E-state index in [1.54, 1.807) is 0 Å². The Morgan fingerprint density at radius 2 is 1.36 bits per heavy atom. The lowest BCUT2D eigenvalue weighted by atomic mass is 10.0. The Morgan fingerprint density at radius 1 is 0.800 bits per heavy atom. The van der Waals surface area contributed by atoms with Crippen LogP contribution in [-0.2, 0) is 6.54 Å². The summed E-state index contributed by atoms with van der Waals surface area (Å²) in [6, 6.07) is 8.64. The molecule has 0 aromatic heterocycles. The lowest BCUT2D eigenvalue weighted by Gasteiger charge is -2.16. The van der Waals surface area contributed by atoms with Gasteiger partial charge in [-0.2, -0.15) is 0 Å². The Kier molecular flexibility index (Phi) is 6.55. The first kappa shape index (κ1) is 20.9. The Hall–Kier alpha value is -2.13. The van der Waals surface area contributed by atoms with Crippen molar-refractivity contribution in [1.29, 1.82) is 0 Å². The van der Waals surface area contributed by atoms with Crippen LogP contribution in [0.25, 0.3) is 11.1 Å². The van der Waals surface area contributed by atoms with Gasteiger partial charge in [-0.05, 0) is 17.7 Å². The van der Waals surface area contributed by atoms with E-state index in [2.05, 4.69) is 9.47 Å². The Balaban J connectivity index is 0.00000312. The van der Waals surface area contributed by atoms with Gasteiger partial charge in [-0.3, -0.25) is 0 Å². The predicted octanol–water partition coefficient (Wildman–Crippen LogP) is 5.03. The Bertz CT molecular complexity index is 718. The molecule has 10 heteroatoms. The fourth-order valence-electron chi connectivity index (χ4n) is 2.03. The van der Waals surface area contributed by atoms with E-state index in [4.69, 9.17) is 5.73 Å². The molecular formula is C15H12ClF6NO2. The number of para-hydroxylation sites is 1. The zero-order valence-corrected chi connectivity index (χ0v) is 13.1. The smallest absolute Gasteiger partial charge is 0.405 e. The molecular weight excluding hydrogens is 376 g/mol. The van der Waals surface area contributed by atoms with Crippen LogP contribution < -0.4 is 15.2 Å². The first-order valence-corrected chi connectivity index (χ1v) is 6.53. The fourth-order valence-corrected chi connectivity index (χ4v) is 2.03. The first-order valence-electron chi connectivity index (χ1n) is 6.53. The predicted molar refractivity (Wildman–Crippen MR) is 80.4 cm³/mol. The molecule has 2 aromatic carbocycles. The van der Waals surface area contributed by atoms with E-state index in [0.29, 0.717) is 0 Å². The van der Waals surface area contributed by atoms with Gasteiger partial charge in [0.2, 0.25) is 0 Å². The topological polar surface area (TPSA) is 44.5 Å². The quantitative estimate of drug-likeness (QED) is 0.748. The van der Waals surface area contributed by atoms with Crippen molar-refractivity contribution in [3.8, 4) is 22.6 Å². The number of hydrogen-bond donors (Lipinski definition) is 1. The van der Waals surface area contributed by atoms with Crippen LogP contribution in [-0.4, -0.2) is 12.7 Å². The third-order valence-electron chi connectivity index (χ3n) is 2.94. The van der Waals surface area contributed by atoms with E-state index in [-0.39, 0.29) is 35.6 Å². The number of hydrogen-bond acceptors (Lipinski definition) is 3. The molecule has 0 aliphatic rings. The van der Waals surface area contributed by atoms with Gasteiger partial charge in [0.05, 0.1) is 0 Å². The summed E-state index contributed by atoms with van der Waals surface area (Å²) in [6.45, 7) is -0.230. The lowest BCUT2D eigenvalue weighted by molar-refractivity contribution is -0.275. The van der Waals surface area contributed by atoms with Crippen molar-refractivity contribution in [2.75, 3.05) is 0 Å². The van der Waals surface area contributed by atoms with Gasteiger partial charge < -0.3 is 15.2 Å². The molecule has 0 radical (unpaired) electrons. The van der Waals surface area contributed by atoms with Crippen LogP contribution in [0, 0.1) is 0 Å². The average Bonchev–Trinajstić information content (AvgIpc) is 2.44. The summed E-state index contributed by atoms with van der Waals surface area (Å²) in [5.74, 6) is -1.12. The van der Waals surface area contributed by atoms with E-state index >= 15 is 0 Å². The van der Waals surface area contributed by atoms with Crippen molar-refractivity contribution in [2.45, 2.75) is 19.3 Å². The number of halogens is 7. The van der Waals surface area contributed by atoms with E-state index in [0.717, 1.165) is 12.1 Å². The zero-order chi connectivity index (χ0) is 18.0. The maximum absolute atomic E-state index is 12.5. The summed E-state index contributed by atoms with van der Waals surface area (Å²) in [5.41, 5.74) is 5.44. The molecule has 0 amide bonds. The largest absolute Gasteiger partial charge is 0.573 e. The molecule has 0 spiro atoms. The normalized spacial score (nSPS) is 11.6. The molecule has 0 heterocycles. The third kappa shape index (κ3) is 6.02. The summed E-state index contributed by atoms with van der Waals surface area (Å²) in [7, 11) is 0. The number of benzene rings is 2. The molecule has 2 N–H and O–H groups in total. The highest BCUT2D eigenvalue weighted by Gasteiger charge is 2.33. The highest BCUT2D eigenvalue weighted by atomic mass is 35.5. The van der Waals surface area contributed by atoms with Crippen molar-refractivity contribution in [3.63, 3.8) is 0 Å². The summed E-state index contributed by atoms with van der Waals surface area (Å²) in [6.07, 6.45) is -9.89. The van der Waals surface area contributed by atoms with Gasteiger partial charge >= 0.3 is 12.7 Å². The first-order chi connectivity index (χ1) is 11.1. The molecule has 0 atom stereocenters. The maximum atomic E-state index is 12.5. The maximum Gasteiger partial charge on any atom is 0.573 e. The molecule has 0 bridgehead atoms. The number of ether oxygens (including phenoxy) is 2. The minimum atomic E-state index is -4.95. The van der Waals surface area contributed by atoms with Gasteiger partial charge in [-0.25, -0.2) is 0 Å². The Morgan fingerprint density at radius 3 is 1.92 bits per heavy atom. The molecule has 0 aliphatic carbocycles. The molecule has 0 saturated carbocycles. The third-order valence-corrected chi connectivity index (χ3v) is 2.94. The highest BCUT2D eigenvalue weighted by Crippen LogP contribution is 2.37. The summed E-state index contributed by atoms with van der Waals surface area (Å²) < 4.78 is 82.5. The van der Waals surface area contributed by atoms with Gasteiger partial charge in [0.1, 0.15) is 11.5 Å². The van der Waals surface area contributed by atoms with Crippen LogP contribution in [0.4, 0.5) is 26.3 Å². The van der Waals surface area contributed by atoms with Gasteiger partial charge in [0.25, 0.3) is 0 Å². The molecule has 0 saturated heterocycles. The van der Waals surface area contributed by atoms with E-state index in [9.17, 15) is 26.3 Å². The van der Waals surface area contributed by atoms with Crippen molar-refractivity contribution in [3.05, 3.63) is 48.0 Å². The monoisotopic (exact) mass is 387 g/mol. The molecule has 2 rings (SSSR count).